The Morgan fingerprint density at radius 3 is 2.58 bits per heavy atom. The van der Waals surface area contributed by atoms with Crippen LogP contribution in [0.15, 0.2) is 46.0 Å². The van der Waals surface area contributed by atoms with Crippen molar-refractivity contribution in [1.29, 1.82) is 0 Å². The molecule has 0 saturated carbocycles. The zero-order valence-corrected chi connectivity index (χ0v) is 18.8. The van der Waals surface area contributed by atoms with Crippen LogP contribution >= 0.6 is 11.6 Å². The molecule has 0 aliphatic carbocycles. The minimum absolute atomic E-state index is 0.252. The maximum Gasteiger partial charge on any atom is 0.429 e. The van der Waals surface area contributed by atoms with Gasteiger partial charge in [-0.3, -0.25) is 4.79 Å². The number of carbonyl (C=O) groups is 1. The number of amides is 1. The SMILES string of the molecule is CC.C\C(=C/N=C(\N=C(/C)C(F)(F)F)Nc1cccc(Cl)c1)C(=O)N1CCCOCC1. The van der Waals surface area contributed by atoms with Crippen LogP contribution in [-0.2, 0) is 9.53 Å². The van der Waals surface area contributed by atoms with Gasteiger partial charge in [-0.2, -0.15) is 13.2 Å². The maximum absolute atomic E-state index is 12.9. The molecule has 172 valence electrons. The van der Waals surface area contributed by atoms with E-state index in [4.69, 9.17) is 16.3 Å². The fraction of sp³-hybridized carbons (Fsp3) is 0.476. The Hall–Kier alpha value is -2.39. The van der Waals surface area contributed by atoms with Gasteiger partial charge in [-0.15, -0.1) is 0 Å². The number of ether oxygens (including phenoxy) is 1. The lowest BCUT2D eigenvalue weighted by molar-refractivity contribution is -0.127. The van der Waals surface area contributed by atoms with Gasteiger partial charge in [-0.25, -0.2) is 9.98 Å². The van der Waals surface area contributed by atoms with Gasteiger partial charge in [0.05, 0.1) is 6.61 Å². The summed E-state index contributed by atoms with van der Waals surface area (Å²) in [4.78, 5) is 21.7. The molecule has 0 unspecified atom stereocenters. The summed E-state index contributed by atoms with van der Waals surface area (Å²) >= 11 is 5.91. The van der Waals surface area contributed by atoms with E-state index in [1.807, 2.05) is 13.8 Å². The number of hydrogen-bond acceptors (Lipinski definition) is 3. The molecule has 10 heteroatoms. The molecule has 1 aromatic rings. The normalized spacial score (nSPS) is 16.3. The molecule has 1 amide bonds. The van der Waals surface area contributed by atoms with Gasteiger partial charge in [-0.1, -0.05) is 31.5 Å². The highest BCUT2D eigenvalue weighted by atomic mass is 35.5. The second kappa shape index (κ2) is 13.1. The van der Waals surface area contributed by atoms with E-state index in [-0.39, 0.29) is 17.4 Å². The minimum Gasteiger partial charge on any atom is -0.380 e. The maximum atomic E-state index is 12.9. The molecule has 0 aromatic heterocycles. The van der Waals surface area contributed by atoms with Crippen LogP contribution in [-0.4, -0.2) is 55.0 Å². The molecule has 31 heavy (non-hydrogen) atoms. The number of nitrogens with zero attached hydrogens (tertiary/aromatic N) is 3. The molecule has 0 spiro atoms. The van der Waals surface area contributed by atoms with Crippen LogP contribution in [0, 0.1) is 0 Å². The summed E-state index contributed by atoms with van der Waals surface area (Å²) in [5.41, 5.74) is -0.387. The van der Waals surface area contributed by atoms with E-state index in [0.717, 1.165) is 13.3 Å². The van der Waals surface area contributed by atoms with Crippen molar-refractivity contribution >= 4 is 34.9 Å². The van der Waals surface area contributed by atoms with E-state index in [0.29, 0.717) is 37.0 Å². The van der Waals surface area contributed by atoms with E-state index in [9.17, 15) is 18.0 Å². The topological polar surface area (TPSA) is 66.3 Å². The largest absolute Gasteiger partial charge is 0.429 e. The van der Waals surface area contributed by atoms with Gasteiger partial charge in [0, 0.05) is 42.2 Å². The number of benzene rings is 1. The molecule has 0 atom stereocenters. The average molecular weight is 461 g/mol. The average Bonchev–Trinajstić information content (AvgIpc) is 3.01. The zero-order chi connectivity index (χ0) is 23.4. The van der Waals surface area contributed by atoms with Gasteiger partial charge < -0.3 is 15.0 Å². The first-order valence-electron chi connectivity index (χ1n) is 9.93. The molecule has 6 nitrogen and oxygen atoms in total. The number of carbonyl (C=O) groups excluding carboxylic acids is 1. The van der Waals surface area contributed by atoms with Gasteiger partial charge in [0.25, 0.3) is 5.91 Å². The first kappa shape index (κ1) is 26.6. The van der Waals surface area contributed by atoms with Gasteiger partial charge in [0.2, 0.25) is 5.96 Å². The van der Waals surface area contributed by atoms with Crippen LogP contribution in [0.25, 0.3) is 0 Å². The fourth-order valence-electron chi connectivity index (χ4n) is 2.42. The van der Waals surface area contributed by atoms with E-state index in [2.05, 4.69) is 15.3 Å². The van der Waals surface area contributed by atoms with E-state index < -0.39 is 11.9 Å². The van der Waals surface area contributed by atoms with Crippen LogP contribution in [0.2, 0.25) is 5.02 Å². The Bertz CT molecular complexity index is 815. The molecule has 2 rings (SSSR count). The highest BCUT2D eigenvalue weighted by Crippen LogP contribution is 2.19. The zero-order valence-electron chi connectivity index (χ0n) is 18.1. The first-order valence-corrected chi connectivity index (χ1v) is 10.3. The van der Waals surface area contributed by atoms with Gasteiger partial charge in [0.1, 0.15) is 5.71 Å². The van der Waals surface area contributed by atoms with Crippen molar-refractivity contribution in [2.24, 2.45) is 9.98 Å². The molecule has 1 saturated heterocycles. The summed E-state index contributed by atoms with van der Waals surface area (Å²) in [6.07, 6.45) is -2.68. The first-order chi connectivity index (χ1) is 14.7. The smallest absolute Gasteiger partial charge is 0.380 e. The summed E-state index contributed by atoms with van der Waals surface area (Å²) in [6, 6.07) is 6.39. The molecule has 1 N–H and O–H groups in total. The van der Waals surface area contributed by atoms with Crippen molar-refractivity contribution in [2.75, 3.05) is 31.6 Å². The van der Waals surface area contributed by atoms with Crippen molar-refractivity contribution < 1.29 is 22.7 Å². The van der Waals surface area contributed by atoms with Crippen molar-refractivity contribution in [3.63, 3.8) is 0 Å². The number of guanidine groups is 1. The summed E-state index contributed by atoms with van der Waals surface area (Å²) in [6.45, 7) is 8.42. The molecule has 0 radical (unpaired) electrons. The molecular weight excluding hydrogens is 433 g/mol. The lowest BCUT2D eigenvalue weighted by Gasteiger charge is -2.19. The summed E-state index contributed by atoms with van der Waals surface area (Å²) in [5, 5.41) is 3.09. The Labute approximate surface area is 185 Å². The van der Waals surface area contributed by atoms with Crippen LogP contribution in [0.5, 0.6) is 0 Å². The van der Waals surface area contributed by atoms with Gasteiger partial charge in [-0.05, 0) is 38.5 Å². The summed E-state index contributed by atoms with van der Waals surface area (Å²) in [7, 11) is 0. The van der Waals surface area contributed by atoms with Crippen LogP contribution in [0.1, 0.15) is 34.1 Å². The molecule has 0 bridgehead atoms. The lowest BCUT2D eigenvalue weighted by Crippen LogP contribution is -2.33. The number of nitrogens with one attached hydrogen (secondary N) is 1. The molecule has 1 fully saturated rings. The molecular formula is C21H28ClF3N4O2. The predicted octanol–water partition coefficient (Wildman–Crippen LogP) is 5.31. The molecule has 1 aliphatic rings. The third kappa shape index (κ3) is 9.52. The molecule has 1 heterocycles. The second-order valence-corrected chi connectivity index (χ2v) is 6.79. The Kier molecular flexibility index (Phi) is 11.3. The lowest BCUT2D eigenvalue weighted by atomic mass is 10.2. The minimum atomic E-state index is -4.60. The summed E-state index contributed by atoms with van der Waals surface area (Å²) < 4.78 is 44.0. The van der Waals surface area contributed by atoms with E-state index in [1.165, 1.54) is 12.3 Å². The van der Waals surface area contributed by atoms with Crippen LogP contribution in [0.4, 0.5) is 18.9 Å². The van der Waals surface area contributed by atoms with Crippen molar-refractivity contribution in [3.8, 4) is 0 Å². The van der Waals surface area contributed by atoms with Crippen molar-refractivity contribution in [1.82, 2.24) is 4.90 Å². The number of halogens is 4. The quantitative estimate of drug-likeness (QED) is 0.377. The molecule has 1 aromatic carbocycles. The Morgan fingerprint density at radius 2 is 1.94 bits per heavy atom. The summed E-state index contributed by atoms with van der Waals surface area (Å²) in [5.74, 6) is -0.564. The second-order valence-electron chi connectivity index (χ2n) is 6.35. The number of aliphatic imine (C=N–C) groups is 2. The van der Waals surface area contributed by atoms with Gasteiger partial charge in [0.15, 0.2) is 0 Å². The van der Waals surface area contributed by atoms with E-state index in [1.54, 1.807) is 30.0 Å². The number of alkyl halides is 3. The Balaban J connectivity index is 0.00000233. The van der Waals surface area contributed by atoms with Crippen molar-refractivity contribution in [2.45, 2.75) is 40.3 Å². The highest BCUT2D eigenvalue weighted by molar-refractivity contribution is 6.30. The number of anilines is 1. The van der Waals surface area contributed by atoms with Crippen molar-refractivity contribution in [3.05, 3.63) is 41.1 Å². The van der Waals surface area contributed by atoms with Crippen LogP contribution in [0.3, 0.4) is 0 Å². The predicted molar refractivity (Wildman–Crippen MR) is 119 cm³/mol. The standard InChI is InChI=1S/C19H22ClF3N4O2.C2H6/c1-13(17(28)27-7-4-9-29-10-8-27)12-24-18(25-14(2)19(21,22)23)26-16-6-3-5-15(20)11-16;1-2/h3,5-6,11-12H,4,7-10H2,1-2H3,(H,24,26);1-2H3/b13-12+,25-14+;. The highest BCUT2D eigenvalue weighted by Gasteiger charge is 2.32. The number of hydrogen-bond donors (Lipinski definition) is 1. The Morgan fingerprint density at radius 1 is 1.23 bits per heavy atom. The fourth-order valence-corrected chi connectivity index (χ4v) is 2.61. The number of rotatable bonds is 3. The third-order valence-corrected chi connectivity index (χ3v) is 4.23. The molecule has 1 aliphatic heterocycles. The monoisotopic (exact) mass is 460 g/mol. The van der Waals surface area contributed by atoms with Crippen LogP contribution < -0.4 is 5.32 Å². The van der Waals surface area contributed by atoms with E-state index >= 15 is 0 Å². The van der Waals surface area contributed by atoms with Gasteiger partial charge >= 0.3 is 6.18 Å². The third-order valence-electron chi connectivity index (χ3n) is 3.99.